The highest BCUT2D eigenvalue weighted by Gasteiger charge is 2.39. The third-order valence-electron chi connectivity index (χ3n) is 6.02. The molecule has 9 nitrogen and oxygen atoms in total. The smallest absolute Gasteiger partial charge is 0.408 e. The van der Waals surface area contributed by atoms with Gasteiger partial charge in [0.2, 0.25) is 17.7 Å². The Morgan fingerprint density at radius 3 is 2.14 bits per heavy atom. The van der Waals surface area contributed by atoms with Crippen molar-refractivity contribution in [1.29, 1.82) is 0 Å². The normalized spacial score (nSPS) is 13.7. The number of hydrogen-bond donors (Lipinski definition) is 3. The molecule has 0 aliphatic rings. The summed E-state index contributed by atoms with van der Waals surface area (Å²) in [6.07, 6.45) is 2.93. The predicted octanol–water partition coefficient (Wildman–Crippen LogP) is 3.99. The Kier molecular flexibility index (Phi) is 13.1. The summed E-state index contributed by atoms with van der Waals surface area (Å²) in [5.41, 5.74) is 6.38. The van der Waals surface area contributed by atoms with E-state index in [4.69, 9.17) is 10.5 Å². The Morgan fingerprint density at radius 2 is 1.65 bits per heavy atom. The van der Waals surface area contributed by atoms with Crippen molar-refractivity contribution in [3.8, 4) is 0 Å². The number of hydrogen-bond acceptors (Lipinski definition) is 5. The fourth-order valence-corrected chi connectivity index (χ4v) is 3.88. The van der Waals surface area contributed by atoms with Crippen molar-refractivity contribution >= 4 is 23.8 Å². The maximum absolute atomic E-state index is 14.0. The number of alkyl carbamates (subject to hydrolysis) is 1. The van der Waals surface area contributed by atoms with E-state index in [-0.39, 0.29) is 11.9 Å². The minimum absolute atomic E-state index is 0.316. The van der Waals surface area contributed by atoms with Crippen LogP contribution < -0.4 is 16.4 Å². The van der Waals surface area contributed by atoms with Gasteiger partial charge in [-0.05, 0) is 58.1 Å². The zero-order valence-electron chi connectivity index (χ0n) is 23.6. The van der Waals surface area contributed by atoms with Crippen LogP contribution in [0.5, 0.6) is 0 Å². The van der Waals surface area contributed by atoms with Gasteiger partial charge >= 0.3 is 6.09 Å². The summed E-state index contributed by atoms with van der Waals surface area (Å²) in [6, 6.07) is 4.96. The van der Waals surface area contributed by atoms with Gasteiger partial charge in [-0.2, -0.15) is 0 Å². The molecule has 0 aromatic heterocycles. The fourth-order valence-electron chi connectivity index (χ4n) is 3.88. The number of benzene rings is 1. The molecular formula is C28H46N4O5. The zero-order valence-corrected chi connectivity index (χ0v) is 23.6. The number of nitrogens with one attached hydrogen (secondary N) is 2. The van der Waals surface area contributed by atoms with Crippen LogP contribution in [-0.4, -0.2) is 52.9 Å². The van der Waals surface area contributed by atoms with Crippen LogP contribution in [0.1, 0.15) is 97.7 Å². The molecule has 3 unspecified atom stereocenters. The van der Waals surface area contributed by atoms with E-state index < -0.39 is 42.0 Å². The number of nitrogens with zero attached hydrogens (tertiary/aromatic N) is 1. The van der Waals surface area contributed by atoms with Gasteiger partial charge in [0.05, 0.1) is 6.42 Å². The second-order valence-corrected chi connectivity index (χ2v) is 10.4. The summed E-state index contributed by atoms with van der Waals surface area (Å²) in [5.74, 6) is -1.65. The van der Waals surface area contributed by atoms with Crippen molar-refractivity contribution in [1.82, 2.24) is 15.5 Å². The topological polar surface area (TPSA) is 131 Å². The fraction of sp³-hybridized carbons (Fsp3) is 0.643. The minimum atomic E-state index is -1.29. The first kappa shape index (κ1) is 31.9. The average molecular weight is 519 g/mol. The second kappa shape index (κ2) is 15.2. The van der Waals surface area contributed by atoms with E-state index in [1.165, 1.54) is 4.90 Å². The molecule has 0 aliphatic carbocycles. The summed E-state index contributed by atoms with van der Waals surface area (Å²) in [5, 5.41) is 5.48. The lowest BCUT2D eigenvalue weighted by molar-refractivity contribution is -0.145. The molecule has 9 heteroatoms. The number of ether oxygens (including phenoxy) is 1. The van der Waals surface area contributed by atoms with Crippen molar-refractivity contribution in [3.05, 3.63) is 35.4 Å². The highest BCUT2D eigenvalue weighted by atomic mass is 16.6. The second-order valence-electron chi connectivity index (χ2n) is 10.4. The van der Waals surface area contributed by atoms with E-state index in [1.807, 2.05) is 45.0 Å². The van der Waals surface area contributed by atoms with E-state index in [1.54, 1.807) is 20.8 Å². The number of carbonyl (C=O) groups is 4. The maximum atomic E-state index is 14.0. The molecule has 37 heavy (non-hydrogen) atoms. The number of rotatable bonds is 14. The molecule has 3 atom stereocenters. The quantitative estimate of drug-likeness (QED) is 0.321. The number of amides is 4. The SMILES string of the molecule is CCCCCNC(=O)C(c1ccc(CC)cc1)N(C(=O)C(CC(N)=O)NC(=O)OC(C)(C)C)C(C)CC. The number of primary amides is 1. The standard InChI is InChI=1S/C28H46N4O5/c1-8-11-12-17-30-25(34)24(21-15-13-20(10-3)14-16-21)32(19(4)9-2)26(35)22(18-23(29)33)31-27(36)37-28(5,6)7/h13-16,19,22,24H,8-12,17-18H2,1-7H3,(H2,29,33)(H,30,34)(H,31,36). The van der Waals surface area contributed by atoms with E-state index in [9.17, 15) is 19.2 Å². The lowest BCUT2D eigenvalue weighted by Gasteiger charge is -2.38. The monoisotopic (exact) mass is 518 g/mol. The highest BCUT2D eigenvalue weighted by Crippen LogP contribution is 2.27. The van der Waals surface area contributed by atoms with Crippen LogP contribution in [0.15, 0.2) is 24.3 Å². The summed E-state index contributed by atoms with van der Waals surface area (Å²) in [6.45, 7) is 13.4. The molecule has 0 bridgehead atoms. The lowest BCUT2D eigenvalue weighted by atomic mass is 9.98. The van der Waals surface area contributed by atoms with Crippen molar-refractivity contribution in [3.63, 3.8) is 0 Å². The van der Waals surface area contributed by atoms with E-state index in [0.29, 0.717) is 18.5 Å². The Morgan fingerprint density at radius 1 is 1.03 bits per heavy atom. The van der Waals surface area contributed by atoms with Crippen molar-refractivity contribution < 1.29 is 23.9 Å². The van der Waals surface area contributed by atoms with Gasteiger partial charge in [0.25, 0.3) is 0 Å². The Balaban J connectivity index is 3.47. The molecule has 1 aromatic carbocycles. The van der Waals surface area contributed by atoms with Crippen molar-refractivity contribution in [2.75, 3.05) is 6.54 Å². The molecule has 0 aliphatic heterocycles. The third-order valence-corrected chi connectivity index (χ3v) is 6.02. The van der Waals surface area contributed by atoms with Gasteiger partial charge in [-0.15, -0.1) is 0 Å². The highest BCUT2D eigenvalue weighted by molar-refractivity contribution is 5.94. The Hall–Kier alpha value is -3.10. The molecule has 1 aromatic rings. The number of nitrogens with two attached hydrogens (primary N) is 1. The van der Waals surface area contributed by atoms with Gasteiger partial charge < -0.3 is 26.0 Å². The molecule has 0 saturated heterocycles. The van der Waals surface area contributed by atoms with Gasteiger partial charge in [0, 0.05) is 12.6 Å². The predicted molar refractivity (Wildman–Crippen MR) is 145 cm³/mol. The van der Waals surface area contributed by atoms with Gasteiger partial charge in [-0.25, -0.2) is 4.79 Å². The van der Waals surface area contributed by atoms with Crippen molar-refractivity contribution in [2.24, 2.45) is 5.73 Å². The average Bonchev–Trinajstić information content (AvgIpc) is 2.82. The summed E-state index contributed by atoms with van der Waals surface area (Å²) < 4.78 is 5.31. The van der Waals surface area contributed by atoms with Crippen molar-refractivity contribution in [2.45, 2.75) is 111 Å². The molecule has 4 amide bonds. The van der Waals surface area contributed by atoms with Crippen LogP contribution in [-0.2, 0) is 25.5 Å². The summed E-state index contributed by atoms with van der Waals surface area (Å²) in [4.78, 5) is 53.4. The first-order valence-corrected chi connectivity index (χ1v) is 13.3. The van der Waals surface area contributed by atoms with Gasteiger partial charge in [0.15, 0.2) is 0 Å². The van der Waals surface area contributed by atoms with Crippen LogP contribution in [0.4, 0.5) is 4.79 Å². The van der Waals surface area contributed by atoms with Crippen LogP contribution in [0.3, 0.4) is 0 Å². The Labute approximate surface area is 221 Å². The molecule has 0 fully saturated rings. The van der Waals surface area contributed by atoms with Gasteiger partial charge in [-0.3, -0.25) is 14.4 Å². The number of aryl methyl sites for hydroxylation is 1. The van der Waals surface area contributed by atoms with E-state index in [2.05, 4.69) is 17.6 Å². The molecule has 4 N–H and O–H groups in total. The molecule has 208 valence electrons. The largest absolute Gasteiger partial charge is 0.444 e. The molecule has 1 rings (SSSR count). The number of unbranched alkanes of at least 4 members (excludes halogenated alkanes) is 2. The molecule has 0 radical (unpaired) electrons. The lowest BCUT2D eigenvalue weighted by Crippen LogP contribution is -2.56. The summed E-state index contributed by atoms with van der Waals surface area (Å²) in [7, 11) is 0. The third kappa shape index (κ3) is 10.8. The first-order valence-electron chi connectivity index (χ1n) is 13.3. The molecule has 0 spiro atoms. The van der Waals surface area contributed by atoms with E-state index in [0.717, 1.165) is 31.2 Å². The van der Waals surface area contributed by atoms with Gasteiger partial charge in [0.1, 0.15) is 17.7 Å². The van der Waals surface area contributed by atoms with E-state index >= 15 is 0 Å². The molecular weight excluding hydrogens is 472 g/mol. The van der Waals surface area contributed by atoms with Crippen LogP contribution in [0.2, 0.25) is 0 Å². The van der Waals surface area contributed by atoms with Crippen LogP contribution in [0.25, 0.3) is 0 Å². The molecule has 0 saturated carbocycles. The Bertz CT molecular complexity index is 895. The van der Waals surface area contributed by atoms with Crippen LogP contribution in [0, 0.1) is 0 Å². The zero-order chi connectivity index (χ0) is 28.2. The minimum Gasteiger partial charge on any atom is -0.444 e. The van der Waals surface area contributed by atoms with Crippen LogP contribution >= 0.6 is 0 Å². The summed E-state index contributed by atoms with van der Waals surface area (Å²) >= 11 is 0. The maximum Gasteiger partial charge on any atom is 0.408 e. The molecule has 0 heterocycles. The van der Waals surface area contributed by atoms with Gasteiger partial charge in [-0.1, -0.05) is 57.9 Å². The first-order chi connectivity index (χ1) is 17.3. The number of carbonyl (C=O) groups excluding carboxylic acids is 4.